The number of Topliss-reactive ketones (excluding diaryl/α,β-unsaturated/α-hetero) is 1. The summed E-state index contributed by atoms with van der Waals surface area (Å²) in [4.78, 5) is 12.1. The highest BCUT2D eigenvalue weighted by atomic mass is 79.9. The summed E-state index contributed by atoms with van der Waals surface area (Å²) in [7, 11) is -1.35. The largest absolute Gasteiger partial charge is 0.418 e. The predicted octanol–water partition coefficient (Wildman–Crippen LogP) is 5.43. The fourth-order valence-corrected chi connectivity index (χ4v) is 3.42. The second-order valence-electron chi connectivity index (χ2n) is 6.36. The van der Waals surface area contributed by atoms with Crippen LogP contribution in [0.1, 0.15) is 42.5 Å². The Labute approximate surface area is 138 Å². The smallest absolute Gasteiger partial charge is 0.183 e. The Morgan fingerprint density at radius 3 is 2.33 bits per heavy atom. The third kappa shape index (κ3) is 8.54. The molecule has 1 aromatic rings. The topological polar surface area (TPSA) is 26.3 Å². The number of rotatable bonds is 10. The molecule has 0 radical (unpaired) electrons. The molecule has 1 aromatic carbocycles. The van der Waals surface area contributed by atoms with Crippen LogP contribution in [0.25, 0.3) is 0 Å². The van der Waals surface area contributed by atoms with Gasteiger partial charge in [0, 0.05) is 12.2 Å². The second kappa shape index (κ2) is 9.54. The van der Waals surface area contributed by atoms with E-state index in [0.29, 0.717) is 0 Å². The molecule has 21 heavy (non-hydrogen) atoms. The number of halogens is 1. The van der Waals surface area contributed by atoms with Gasteiger partial charge in [0.05, 0.1) is 4.83 Å². The summed E-state index contributed by atoms with van der Waals surface area (Å²) in [6.07, 6.45) is 5.47. The first-order chi connectivity index (χ1) is 9.90. The Hall–Kier alpha value is -0.453. The van der Waals surface area contributed by atoms with Crippen LogP contribution in [0, 0.1) is 0 Å². The molecule has 0 bridgehead atoms. The average Bonchev–Trinajstić information content (AvgIpc) is 2.45. The van der Waals surface area contributed by atoms with Gasteiger partial charge in [0.2, 0.25) is 0 Å². The first-order valence-corrected chi connectivity index (χ1v) is 12.1. The maximum absolute atomic E-state index is 12.2. The van der Waals surface area contributed by atoms with Crippen LogP contribution in [-0.4, -0.2) is 25.5 Å². The van der Waals surface area contributed by atoms with Gasteiger partial charge in [-0.15, -0.1) is 0 Å². The molecule has 0 fully saturated rings. The lowest BCUT2D eigenvalue weighted by molar-refractivity contribution is 0.0987. The first kappa shape index (κ1) is 18.6. The van der Waals surface area contributed by atoms with Crippen LogP contribution in [-0.2, 0) is 4.43 Å². The molecule has 0 saturated carbocycles. The number of alkyl halides is 1. The van der Waals surface area contributed by atoms with Crippen LogP contribution in [0.2, 0.25) is 19.6 Å². The van der Waals surface area contributed by atoms with Crippen LogP contribution in [0.15, 0.2) is 30.3 Å². The molecule has 4 heteroatoms. The zero-order chi connectivity index (χ0) is 15.7. The third-order valence-electron chi connectivity index (χ3n) is 3.23. The van der Waals surface area contributed by atoms with E-state index in [1.165, 1.54) is 12.8 Å². The number of unbranched alkanes of at least 4 members (excludes halogenated alkanes) is 3. The molecule has 1 unspecified atom stereocenters. The maximum atomic E-state index is 12.2. The average molecular weight is 371 g/mol. The fourth-order valence-electron chi connectivity index (χ4n) is 2.07. The van der Waals surface area contributed by atoms with Gasteiger partial charge < -0.3 is 4.43 Å². The summed E-state index contributed by atoms with van der Waals surface area (Å²) in [5.74, 6) is 0.192. The lowest BCUT2D eigenvalue weighted by atomic mass is 10.0. The lowest BCUT2D eigenvalue weighted by Gasteiger charge is -2.16. The standard InChI is InChI=1S/C17H27BrO2Si/c1-21(2,3)20-14-10-5-4-9-13-16(18)17(19)15-11-7-6-8-12-15/h6-8,11-12,16H,4-5,9-10,13-14H2,1-3H3. The van der Waals surface area contributed by atoms with Crippen molar-refractivity contribution in [3.05, 3.63) is 35.9 Å². The molecule has 0 N–H and O–H groups in total. The van der Waals surface area contributed by atoms with Gasteiger partial charge in [-0.3, -0.25) is 4.79 Å². The van der Waals surface area contributed by atoms with Gasteiger partial charge in [0.1, 0.15) is 0 Å². The Morgan fingerprint density at radius 1 is 1.10 bits per heavy atom. The van der Waals surface area contributed by atoms with E-state index in [2.05, 4.69) is 35.6 Å². The normalized spacial score (nSPS) is 13.1. The molecular weight excluding hydrogens is 344 g/mol. The molecule has 1 atom stereocenters. The number of carbonyl (C=O) groups excluding carboxylic acids is 1. The van der Waals surface area contributed by atoms with Crippen molar-refractivity contribution in [2.45, 2.75) is 56.6 Å². The molecular formula is C17H27BrO2Si. The molecule has 0 aliphatic carbocycles. The van der Waals surface area contributed by atoms with Crippen molar-refractivity contribution in [1.82, 2.24) is 0 Å². The van der Waals surface area contributed by atoms with Crippen molar-refractivity contribution in [3.8, 4) is 0 Å². The van der Waals surface area contributed by atoms with E-state index in [4.69, 9.17) is 4.43 Å². The molecule has 0 aliphatic rings. The van der Waals surface area contributed by atoms with Crippen molar-refractivity contribution < 1.29 is 9.22 Å². The van der Waals surface area contributed by atoms with Crippen molar-refractivity contribution >= 4 is 30.0 Å². The highest BCUT2D eigenvalue weighted by molar-refractivity contribution is 9.10. The summed E-state index contributed by atoms with van der Waals surface area (Å²) < 4.78 is 5.83. The monoisotopic (exact) mass is 370 g/mol. The highest BCUT2D eigenvalue weighted by Crippen LogP contribution is 2.17. The Bertz CT molecular complexity index is 415. The van der Waals surface area contributed by atoms with E-state index in [1.54, 1.807) is 0 Å². The summed E-state index contributed by atoms with van der Waals surface area (Å²) in [6, 6.07) is 9.51. The van der Waals surface area contributed by atoms with Gasteiger partial charge in [-0.05, 0) is 32.5 Å². The lowest BCUT2D eigenvalue weighted by Crippen LogP contribution is -2.25. The van der Waals surface area contributed by atoms with Crippen molar-refractivity contribution in [1.29, 1.82) is 0 Å². The Balaban J connectivity index is 2.11. The van der Waals surface area contributed by atoms with Gasteiger partial charge in [-0.25, -0.2) is 0 Å². The molecule has 0 amide bonds. The van der Waals surface area contributed by atoms with Crippen molar-refractivity contribution in [3.63, 3.8) is 0 Å². The number of carbonyl (C=O) groups is 1. The zero-order valence-electron chi connectivity index (χ0n) is 13.4. The fraction of sp³-hybridized carbons (Fsp3) is 0.588. The van der Waals surface area contributed by atoms with Gasteiger partial charge in [0.15, 0.2) is 14.1 Å². The Morgan fingerprint density at radius 2 is 1.71 bits per heavy atom. The molecule has 0 aromatic heterocycles. The number of hydrogen-bond acceptors (Lipinski definition) is 2. The molecule has 118 valence electrons. The van der Waals surface area contributed by atoms with E-state index in [9.17, 15) is 4.79 Å². The minimum atomic E-state index is -1.35. The molecule has 0 saturated heterocycles. The summed E-state index contributed by atoms with van der Waals surface area (Å²) in [6.45, 7) is 7.54. The van der Waals surface area contributed by atoms with Crippen LogP contribution in [0.4, 0.5) is 0 Å². The van der Waals surface area contributed by atoms with Crippen molar-refractivity contribution in [2.75, 3.05) is 6.61 Å². The van der Waals surface area contributed by atoms with E-state index >= 15 is 0 Å². The van der Waals surface area contributed by atoms with Gasteiger partial charge >= 0.3 is 0 Å². The number of ketones is 1. The van der Waals surface area contributed by atoms with Crippen LogP contribution < -0.4 is 0 Å². The van der Waals surface area contributed by atoms with E-state index in [-0.39, 0.29) is 10.6 Å². The molecule has 0 spiro atoms. The van der Waals surface area contributed by atoms with E-state index in [1.807, 2.05) is 30.3 Å². The highest BCUT2D eigenvalue weighted by Gasteiger charge is 2.16. The number of hydrogen-bond donors (Lipinski definition) is 0. The van der Waals surface area contributed by atoms with Crippen LogP contribution >= 0.6 is 15.9 Å². The summed E-state index contributed by atoms with van der Waals surface area (Å²) >= 11 is 3.52. The third-order valence-corrected chi connectivity index (χ3v) is 5.17. The Kier molecular flexibility index (Phi) is 8.45. The minimum absolute atomic E-state index is 0.0573. The van der Waals surface area contributed by atoms with Crippen LogP contribution in [0.3, 0.4) is 0 Å². The predicted molar refractivity (Wildman–Crippen MR) is 95.9 cm³/mol. The quantitative estimate of drug-likeness (QED) is 0.237. The molecule has 0 heterocycles. The van der Waals surface area contributed by atoms with Crippen LogP contribution in [0.5, 0.6) is 0 Å². The zero-order valence-corrected chi connectivity index (χ0v) is 16.0. The van der Waals surface area contributed by atoms with Gasteiger partial charge in [-0.2, -0.15) is 0 Å². The van der Waals surface area contributed by atoms with Gasteiger partial charge in [-0.1, -0.05) is 65.5 Å². The van der Waals surface area contributed by atoms with Gasteiger partial charge in [0.25, 0.3) is 0 Å². The molecule has 2 nitrogen and oxygen atoms in total. The summed E-state index contributed by atoms with van der Waals surface area (Å²) in [5, 5.41) is 0. The first-order valence-electron chi connectivity index (χ1n) is 7.77. The SMILES string of the molecule is C[Si](C)(C)OCCCCCCC(Br)C(=O)c1ccccc1. The van der Waals surface area contributed by atoms with E-state index < -0.39 is 8.32 Å². The molecule has 0 aliphatic heterocycles. The molecule has 1 rings (SSSR count). The maximum Gasteiger partial charge on any atom is 0.183 e. The minimum Gasteiger partial charge on any atom is -0.418 e. The van der Waals surface area contributed by atoms with Crippen molar-refractivity contribution in [2.24, 2.45) is 0 Å². The van der Waals surface area contributed by atoms with E-state index in [0.717, 1.165) is 31.4 Å². The summed E-state index contributed by atoms with van der Waals surface area (Å²) in [5.41, 5.74) is 0.794. The number of benzene rings is 1. The second-order valence-corrected chi connectivity index (χ2v) is 12.0.